The monoisotopic (exact) mass is 469 g/mol. The van der Waals surface area contributed by atoms with Crippen LogP contribution in [0.25, 0.3) is 16.8 Å². The van der Waals surface area contributed by atoms with E-state index >= 15 is 0 Å². The smallest absolute Gasteiger partial charge is 0.326 e. The fourth-order valence-electron chi connectivity index (χ4n) is 3.43. The summed E-state index contributed by atoms with van der Waals surface area (Å²) in [6.45, 7) is 1.77. The van der Waals surface area contributed by atoms with Gasteiger partial charge in [-0.2, -0.15) is 0 Å². The Morgan fingerprint density at radius 2 is 1.69 bits per heavy atom. The van der Waals surface area contributed by atoms with Crippen molar-refractivity contribution in [2.45, 2.75) is 6.92 Å². The van der Waals surface area contributed by atoms with Gasteiger partial charge in [-0.3, -0.25) is 19.3 Å². The summed E-state index contributed by atoms with van der Waals surface area (Å²) in [5.41, 5.74) is 7.61. The lowest BCUT2D eigenvalue weighted by Gasteiger charge is -2.09. The molecule has 0 saturated heterocycles. The number of aromatic amines is 1. The van der Waals surface area contributed by atoms with Crippen molar-refractivity contribution >= 4 is 52.3 Å². The van der Waals surface area contributed by atoms with Crippen LogP contribution in [-0.4, -0.2) is 21.3 Å². The van der Waals surface area contributed by atoms with Crippen LogP contribution >= 0.6 is 23.2 Å². The van der Waals surface area contributed by atoms with Gasteiger partial charge in [0.15, 0.2) is 0 Å². The summed E-state index contributed by atoms with van der Waals surface area (Å²) in [5, 5.41) is 5.27. The van der Waals surface area contributed by atoms with Gasteiger partial charge in [0.1, 0.15) is 22.2 Å². The van der Waals surface area contributed by atoms with Crippen molar-refractivity contribution in [3.63, 3.8) is 0 Å². The van der Waals surface area contributed by atoms with Crippen molar-refractivity contribution in [1.82, 2.24) is 14.7 Å². The predicted octanol–water partition coefficient (Wildman–Crippen LogP) is 4.45. The number of urea groups is 1. The van der Waals surface area contributed by atoms with Crippen molar-refractivity contribution in [3.05, 3.63) is 86.3 Å². The zero-order valence-electron chi connectivity index (χ0n) is 16.7. The van der Waals surface area contributed by atoms with E-state index in [1.165, 1.54) is 0 Å². The first-order valence-corrected chi connectivity index (χ1v) is 10.2. The summed E-state index contributed by atoms with van der Waals surface area (Å²) in [6, 6.07) is 14.7. The Morgan fingerprint density at radius 1 is 1.03 bits per heavy atom. The lowest BCUT2D eigenvalue weighted by atomic mass is 10.1. The highest BCUT2D eigenvalue weighted by Crippen LogP contribution is 2.35. The summed E-state index contributed by atoms with van der Waals surface area (Å²) in [7, 11) is 0. The minimum Gasteiger partial charge on any atom is -0.384 e. The maximum atomic E-state index is 13.2. The van der Waals surface area contributed by atoms with Gasteiger partial charge in [0.05, 0.1) is 0 Å². The molecule has 8 nitrogen and oxygen atoms in total. The zero-order chi connectivity index (χ0) is 23.0. The zero-order valence-corrected chi connectivity index (χ0v) is 18.2. The molecule has 32 heavy (non-hydrogen) atoms. The third-order valence-electron chi connectivity index (χ3n) is 4.91. The van der Waals surface area contributed by atoms with Gasteiger partial charge in [-0.05, 0) is 36.8 Å². The number of nitrogen functional groups attached to an aromatic ring is 1. The molecule has 0 radical (unpaired) electrons. The van der Waals surface area contributed by atoms with Gasteiger partial charge >= 0.3 is 6.03 Å². The predicted molar refractivity (Wildman–Crippen MR) is 126 cm³/mol. The molecule has 0 spiro atoms. The van der Waals surface area contributed by atoms with E-state index in [9.17, 15) is 14.4 Å². The molecule has 0 aliphatic carbocycles. The molecule has 0 saturated carbocycles. The highest BCUT2D eigenvalue weighted by atomic mass is 35.5. The average Bonchev–Trinajstić information content (AvgIpc) is 2.99. The average molecular weight is 470 g/mol. The van der Waals surface area contributed by atoms with Gasteiger partial charge in [0.2, 0.25) is 0 Å². The fourth-order valence-corrected chi connectivity index (χ4v) is 3.97. The molecule has 0 aliphatic heterocycles. The van der Waals surface area contributed by atoms with E-state index in [2.05, 4.69) is 15.6 Å². The van der Waals surface area contributed by atoms with E-state index in [-0.39, 0.29) is 11.0 Å². The second-order valence-corrected chi connectivity index (χ2v) is 7.77. The SMILES string of the molecule is Cc1c(-c2ccc(Cl)cc2)c(Cl)n2c(=O)c(C(=O)NC(=O)Nc3ccccc3)c(N)[nH]c12. The molecule has 2 aromatic carbocycles. The number of nitrogens with zero attached hydrogens (tertiary/aromatic N) is 1. The first kappa shape index (κ1) is 21.5. The maximum Gasteiger partial charge on any atom is 0.326 e. The molecule has 10 heteroatoms. The molecule has 3 amide bonds. The first-order chi connectivity index (χ1) is 15.3. The van der Waals surface area contributed by atoms with Gasteiger partial charge in [-0.15, -0.1) is 0 Å². The number of imide groups is 1. The number of benzene rings is 2. The lowest BCUT2D eigenvalue weighted by molar-refractivity contribution is 0.0966. The number of aromatic nitrogens is 2. The lowest BCUT2D eigenvalue weighted by Crippen LogP contribution is -2.38. The summed E-state index contributed by atoms with van der Waals surface area (Å²) >= 11 is 12.5. The molecule has 0 bridgehead atoms. The first-order valence-electron chi connectivity index (χ1n) is 9.43. The van der Waals surface area contributed by atoms with Crippen molar-refractivity contribution in [3.8, 4) is 11.1 Å². The summed E-state index contributed by atoms with van der Waals surface area (Å²) in [6.07, 6.45) is 0. The molecule has 2 heterocycles. The molecule has 0 fully saturated rings. The Balaban J connectivity index is 1.74. The molecule has 0 atom stereocenters. The second-order valence-electron chi connectivity index (χ2n) is 6.97. The van der Waals surface area contributed by atoms with Crippen LogP contribution in [0.4, 0.5) is 16.3 Å². The standard InChI is InChI=1S/C22H17Cl2N5O3/c1-11-15(12-7-9-13(23)10-8-12)17(24)29-19(11)27-18(25)16(21(29)31)20(30)28-22(32)26-14-5-3-2-4-6-14/h2-10,27H,25H2,1H3,(H2,26,28,30,32). The molecule has 162 valence electrons. The van der Waals surface area contributed by atoms with Crippen LogP contribution < -0.4 is 21.9 Å². The highest BCUT2D eigenvalue weighted by molar-refractivity contribution is 6.33. The molecular formula is C22H17Cl2N5O3. The molecule has 0 aliphatic rings. The van der Waals surface area contributed by atoms with E-state index in [0.29, 0.717) is 27.5 Å². The van der Waals surface area contributed by atoms with Crippen LogP contribution in [0.1, 0.15) is 15.9 Å². The van der Waals surface area contributed by atoms with Crippen LogP contribution in [0.2, 0.25) is 10.2 Å². The number of carbonyl (C=O) groups excluding carboxylic acids is 2. The molecule has 5 N–H and O–H groups in total. The van der Waals surface area contributed by atoms with Gasteiger partial charge < -0.3 is 16.0 Å². The van der Waals surface area contributed by atoms with Crippen LogP contribution in [0.3, 0.4) is 0 Å². The van der Waals surface area contributed by atoms with E-state index in [1.807, 2.05) is 0 Å². The third-order valence-corrected chi connectivity index (χ3v) is 5.52. The number of H-pyrrole nitrogens is 1. The normalized spacial score (nSPS) is 10.8. The topological polar surface area (TPSA) is 121 Å². The summed E-state index contributed by atoms with van der Waals surface area (Å²) < 4.78 is 1.15. The number of halogens is 2. The minimum absolute atomic E-state index is 0.101. The minimum atomic E-state index is -0.963. The highest BCUT2D eigenvalue weighted by Gasteiger charge is 2.25. The number of rotatable bonds is 3. The Labute approximate surface area is 192 Å². The van der Waals surface area contributed by atoms with Gasteiger partial charge in [0.25, 0.3) is 11.5 Å². The third kappa shape index (κ3) is 3.81. The number of amides is 3. The Bertz CT molecular complexity index is 1410. The molecule has 0 unspecified atom stereocenters. The number of carbonyl (C=O) groups is 2. The van der Waals surface area contributed by atoms with Gasteiger partial charge in [-0.1, -0.05) is 53.5 Å². The van der Waals surface area contributed by atoms with Crippen molar-refractivity contribution < 1.29 is 9.59 Å². The number of anilines is 2. The molecule has 4 rings (SSSR count). The van der Waals surface area contributed by atoms with Crippen molar-refractivity contribution in [2.24, 2.45) is 0 Å². The Kier molecular flexibility index (Phi) is 5.65. The Morgan fingerprint density at radius 3 is 2.34 bits per heavy atom. The number of hydrogen-bond donors (Lipinski definition) is 4. The van der Waals surface area contributed by atoms with E-state index in [0.717, 1.165) is 9.96 Å². The Hall–Kier alpha value is -3.75. The summed E-state index contributed by atoms with van der Waals surface area (Å²) in [5.74, 6) is -1.15. The largest absolute Gasteiger partial charge is 0.384 e. The second kappa shape index (κ2) is 8.41. The molecular weight excluding hydrogens is 453 g/mol. The quantitative estimate of drug-likeness (QED) is 0.353. The van der Waals surface area contributed by atoms with Crippen molar-refractivity contribution in [1.29, 1.82) is 0 Å². The summed E-state index contributed by atoms with van der Waals surface area (Å²) in [4.78, 5) is 40.9. The van der Waals surface area contributed by atoms with Gasteiger partial charge in [-0.25, -0.2) is 4.79 Å². The van der Waals surface area contributed by atoms with Crippen LogP contribution in [0.15, 0.2) is 59.4 Å². The number of hydrogen-bond acceptors (Lipinski definition) is 4. The number of nitrogens with two attached hydrogens (primary N) is 1. The number of para-hydroxylation sites is 1. The molecule has 4 aromatic rings. The van der Waals surface area contributed by atoms with Crippen molar-refractivity contribution in [2.75, 3.05) is 11.1 Å². The molecule has 2 aromatic heterocycles. The number of fused-ring (bicyclic) bond motifs is 1. The fraction of sp³-hybridized carbons (Fsp3) is 0.0455. The number of aryl methyl sites for hydroxylation is 1. The van der Waals surface area contributed by atoms with Crippen LogP contribution in [-0.2, 0) is 0 Å². The van der Waals surface area contributed by atoms with Crippen LogP contribution in [0.5, 0.6) is 0 Å². The number of nitrogens with one attached hydrogen (secondary N) is 3. The van der Waals surface area contributed by atoms with E-state index in [4.69, 9.17) is 28.9 Å². The maximum absolute atomic E-state index is 13.2. The van der Waals surface area contributed by atoms with Gasteiger partial charge in [0, 0.05) is 21.8 Å². The van der Waals surface area contributed by atoms with E-state index in [1.54, 1.807) is 61.5 Å². The van der Waals surface area contributed by atoms with E-state index < -0.39 is 23.1 Å². The van der Waals surface area contributed by atoms with Crippen LogP contribution in [0, 0.1) is 6.92 Å².